The van der Waals surface area contributed by atoms with E-state index in [1.54, 1.807) is 7.11 Å². The molecule has 0 aliphatic carbocycles. The third kappa shape index (κ3) is 6.92. The van der Waals surface area contributed by atoms with Crippen LogP contribution in [-0.2, 0) is 13.6 Å². The number of nitrogens with zero attached hydrogens (tertiary/aromatic N) is 3. The van der Waals surface area contributed by atoms with Gasteiger partial charge >= 0.3 is 0 Å². The molecule has 3 rings (SSSR count). The molecule has 2 heterocycles. The third-order valence-corrected chi connectivity index (χ3v) is 5.37. The Morgan fingerprint density at radius 1 is 1.10 bits per heavy atom. The molecule has 6 nitrogen and oxygen atoms in total. The van der Waals surface area contributed by atoms with Gasteiger partial charge in [-0.05, 0) is 55.3 Å². The van der Waals surface area contributed by atoms with E-state index in [1.165, 1.54) is 30.4 Å². The summed E-state index contributed by atoms with van der Waals surface area (Å²) in [5.41, 5.74) is 2.56. The van der Waals surface area contributed by atoms with Crippen LogP contribution in [0, 0.1) is 0 Å². The first-order chi connectivity index (χ1) is 13.7. The summed E-state index contributed by atoms with van der Waals surface area (Å²) in [7, 11) is 5.57. The van der Waals surface area contributed by atoms with Crippen molar-refractivity contribution in [3.63, 3.8) is 0 Å². The van der Waals surface area contributed by atoms with Crippen molar-refractivity contribution < 1.29 is 4.74 Å². The van der Waals surface area contributed by atoms with Crippen molar-refractivity contribution in [3.05, 3.63) is 53.9 Å². The molecule has 0 radical (unpaired) electrons. The topological polar surface area (TPSA) is 53.8 Å². The number of ether oxygens (including phenoxy) is 1. The van der Waals surface area contributed by atoms with Crippen LogP contribution in [0.15, 0.2) is 47.7 Å². The molecule has 1 aliphatic rings. The lowest BCUT2D eigenvalue weighted by molar-refractivity contribution is 0.164. The molecule has 2 N–H and O–H groups in total. The number of halogens is 1. The van der Waals surface area contributed by atoms with Gasteiger partial charge in [-0.25, -0.2) is 0 Å². The van der Waals surface area contributed by atoms with Crippen LogP contribution in [-0.4, -0.2) is 49.2 Å². The standard InChI is InChI=1S/C22H33N5O.HI/c1-23-22(24-15-18-11-14-26(2)17-18)25-16-21(27-12-5-4-6-13-27)19-7-9-20(28-3)10-8-19;/h7-11,14,17,21H,4-6,12-13,15-16H2,1-3H3,(H2,23,24,25);1H. The lowest BCUT2D eigenvalue weighted by Crippen LogP contribution is -2.44. The van der Waals surface area contributed by atoms with Crippen LogP contribution in [0.5, 0.6) is 5.75 Å². The maximum absolute atomic E-state index is 5.33. The minimum atomic E-state index is 0. The van der Waals surface area contributed by atoms with Gasteiger partial charge in [-0.2, -0.15) is 0 Å². The fourth-order valence-corrected chi connectivity index (χ4v) is 3.78. The first-order valence-corrected chi connectivity index (χ1v) is 10.1. The van der Waals surface area contributed by atoms with E-state index in [0.29, 0.717) is 6.04 Å². The summed E-state index contributed by atoms with van der Waals surface area (Å²) < 4.78 is 7.38. The lowest BCUT2D eigenvalue weighted by atomic mass is 10.0. The van der Waals surface area contributed by atoms with Gasteiger partial charge in [0.1, 0.15) is 5.75 Å². The second kappa shape index (κ2) is 12.1. The number of aliphatic imine (C=N–C) groups is 1. The van der Waals surface area contributed by atoms with Crippen molar-refractivity contribution in [2.45, 2.75) is 31.8 Å². The van der Waals surface area contributed by atoms with E-state index in [1.807, 2.05) is 14.1 Å². The molecule has 0 spiro atoms. The Bertz CT molecular complexity index is 753. The fraction of sp³-hybridized carbons (Fsp3) is 0.500. The minimum absolute atomic E-state index is 0. The highest BCUT2D eigenvalue weighted by atomic mass is 127. The molecule has 0 amide bonds. The van der Waals surface area contributed by atoms with Gasteiger partial charge in [-0.3, -0.25) is 9.89 Å². The van der Waals surface area contributed by atoms with Gasteiger partial charge in [0.15, 0.2) is 5.96 Å². The van der Waals surface area contributed by atoms with Crippen LogP contribution >= 0.6 is 24.0 Å². The number of benzene rings is 1. The first-order valence-electron chi connectivity index (χ1n) is 10.1. The highest BCUT2D eigenvalue weighted by molar-refractivity contribution is 14.0. The third-order valence-electron chi connectivity index (χ3n) is 5.37. The van der Waals surface area contributed by atoms with E-state index >= 15 is 0 Å². The number of rotatable bonds is 7. The van der Waals surface area contributed by atoms with E-state index in [-0.39, 0.29) is 24.0 Å². The SMILES string of the molecule is CN=C(NCc1ccn(C)c1)NCC(c1ccc(OC)cc1)N1CCCCC1.I. The van der Waals surface area contributed by atoms with Gasteiger partial charge in [0.05, 0.1) is 13.2 Å². The van der Waals surface area contributed by atoms with Crippen molar-refractivity contribution in [2.24, 2.45) is 12.0 Å². The molecule has 0 saturated carbocycles. The van der Waals surface area contributed by atoms with Crippen molar-refractivity contribution in [1.82, 2.24) is 20.1 Å². The predicted octanol–water partition coefficient (Wildman–Crippen LogP) is 3.54. The molecule has 1 unspecified atom stereocenters. The van der Waals surface area contributed by atoms with Crippen LogP contribution in [0.1, 0.15) is 36.4 Å². The maximum atomic E-state index is 5.33. The van der Waals surface area contributed by atoms with Gasteiger partial charge in [-0.1, -0.05) is 18.6 Å². The largest absolute Gasteiger partial charge is 0.497 e. The second-order valence-electron chi connectivity index (χ2n) is 7.38. The zero-order valence-electron chi connectivity index (χ0n) is 17.7. The number of aryl methyl sites for hydroxylation is 1. The molecule has 1 atom stereocenters. The molecule has 7 heteroatoms. The number of nitrogens with one attached hydrogen (secondary N) is 2. The summed E-state index contributed by atoms with van der Waals surface area (Å²) in [6.45, 7) is 3.88. The number of guanidine groups is 1. The van der Waals surface area contributed by atoms with Crippen molar-refractivity contribution in [3.8, 4) is 5.75 Å². The Balaban J connectivity index is 0.00000300. The Morgan fingerprint density at radius 3 is 2.41 bits per heavy atom. The zero-order valence-corrected chi connectivity index (χ0v) is 20.1. The summed E-state index contributed by atoms with van der Waals surface area (Å²) >= 11 is 0. The number of hydrogen-bond donors (Lipinski definition) is 2. The molecule has 2 aromatic rings. The summed E-state index contributed by atoms with van der Waals surface area (Å²) in [5, 5.41) is 6.94. The molecule has 1 fully saturated rings. The summed E-state index contributed by atoms with van der Waals surface area (Å²) in [6, 6.07) is 10.9. The van der Waals surface area contributed by atoms with Crippen LogP contribution in [0.2, 0.25) is 0 Å². The number of piperidine rings is 1. The van der Waals surface area contributed by atoms with Gasteiger partial charge in [0.2, 0.25) is 0 Å². The van der Waals surface area contributed by atoms with E-state index in [2.05, 4.69) is 67.8 Å². The predicted molar refractivity (Wildman–Crippen MR) is 130 cm³/mol. The molecule has 1 aromatic heterocycles. The number of aromatic nitrogens is 1. The van der Waals surface area contributed by atoms with Gasteiger partial charge in [0, 0.05) is 39.6 Å². The molecular weight excluding hydrogens is 477 g/mol. The first kappa shape index (κ1) is 23.5. The van der Waals surface area contributed by atoms with E-state index < -0.39 is 0 Å². The van der Waals surface area contributed by atoms with Crippen molar-refractivity contribution >= 4 is 29.9 Å². The fourth-order valence-electron chi connectivity index (χ4n) is 3.78. The summed E-state index contributed by atoms with van der Waals surface area (Å²) in [5.74, 6) is 1.73. The van der Waals surface area contributed by atoms with Gasteiger partial charge < -0.3 is 19.9 Å². The number of methoxy groups -OCH3 is 1. The molecule has 160 valence electrons. The normalized spacial score (nSPS) is 16.0. The molecular formula is C22H34IN5O. The van der Waals surface area contributed by atoms with E-state index in [9.17, 15) is 0 Å². The Morgan fingerprint density at radius 2 is 1.83 bits per heavy atom. The number of likely N-dealkylation sites (tertiary alicyclic amines) is 1. The molecule has 1 aliphatic heterocycles. The average molecular weight is 511 g/mol. The highest BCUT2D eigenvalue weighted by Crippen LogP contribution is 2.25. The van der Waals surface area contributed by atoms with Crippen LogP contribution in [0.3, 0.4) is 0 Å². The Labute approximate surface area is 191 Å². The van der Waals surface area contributed by atoms with Crippen LogP contribution in [0.4, 0.5) is 0 Å². The lowest BCUT2D eigenvalue weighted by Gasteiger charge is -2.35. The maximum Gasteiger partial charge on any atom is 0.191 e. The van der Waals surface area contributed by atoms with Crippen LogP contribution in [0.25, 0.3) is 0 Å². The average Bonchev–Trinajstić information content (AvgIpc) is 3.16. The molecule has 0 bridgehead atoms. The van der Waals surface area contributed by atoms with E-state index in [4.69, 9.17) is 4.74 Å². The molecule has 29 heavy (non-hydrogen) atoms. The van der Waals surface area contributed by atoms with Crippen LogP contribution < -0.4 is 15.4 Å². The second-order valence-corrected chi connectivity index (χ2v) is 7.38. The van der Waals surface area contributed by atoms with Crippen molar-refractivity contribution in [1.29, 1.82) is 0 Å². The van der Waals surface area contributed by atoms with Gasteiger partial charge in [-0.15, -0.1) is 24.0 Å². The summed E-state index contributed by atoms with van der Waals surface area (Å²) in [6.07, 6.45) is 8.05. The Kier molecular flexibility index (Phi) is 9.80. The quantitative estimate of drug-likeness (QED) is 0.339. The monoisotopic (exact) mass is 511 g/mol. The zero-order chi connectivity index (χ0) is 19.8. The number of hydrogen-bond acceptors (Lipinski definition) is 3. The minimum Gasteiger partial charge on any atom is -0.497 e. The van der Waals surface area contributed by atoms with Crippen molar-refractivity contribution in [2.75, 3.05) is 33.8 Å². The smallest absolute Gasteiger partial charge is 0.191 e. The molecule has 1 saturated heterocycles. The summed E-state index contributed by atoms with van der Waals surface area (Å²) in [4.78, 5) is 6.98. The van der Waals surface area contributed by atoms with Gasteiger partial charge in [0.25, 0.3) is 0 Å². The van der Waals surface area contributed by atoms with E-state index in [0.717, 1.165) is 37.9 Å². The Hall–Kier alpha value is -1.74. The molecule has 1 aromatic carbocycles. The highest BCUT2D eigenvalue weighted by Gasteiger charge is 2.22.